The Balaban J connectivity index is 1.38. The number of likely N-dealkylation sites (N-methyl/N-ethyl adjacent to an activating group) is 1. The van der Waals surface area contributed by atoms with Crippen LogP contribution in [0.5, 0.6) is 0 Å². The van der Waals surface area contributed by atoms with Gasteiger partial charge in [-0.25, -0.2) is 0 Å². The van der Waals surface area contributed by atoms with Crippen molar-refractivity contribution in [2.24, 2.45) is 0 Å². The van der Waals surface area contributed by atoms with Gasteiger partial charge in [-0.2, -0.15) is 0 Å². The Labute approximate surface area is 181 Å². The highest BCUT2D eigenvalue weighted by Gasteiger charge is 2.25. The summed E-state index contributed by atoms with van der Waals surface area (Å²) in [6.07, 6.45) is 4.48. The molecule has 1 heterocycles. The summed E-state index contributed by atoms with van der Waals surface area (Å²) in [5.74, 6) is 0.231. The van der Waals surface area contributed by atoms with Gasteiger partial charge in [0.1, 0.15) is 26.2 Å². The Morgan fingerprint density at radius 3 is 2.17 bits per heavy atom. The molecule has 1 aliphatic heterocycles. The fraction of sp³-hybridized carbons (Fsp3) is 0.400. The van der Waals surface area contributed by atoms with Gasteiger partial charge in [-0.15, -0.1) is 0 Å². The highest BCUT2D eigenvalue weighted by molar-refractivity contribution is 5.76. The third kappa shape index (κ3) is 6.71. The number of nitrogens with one attached hydrogen (secondary N) is 2. The van der Waals surface area contributed by atoms with E-state index in [-0.39, 0.29) is 5.91 Å². The van der Waals surface area contributed by atoms with Crippen LogP contribution in [0, 0.1) is 0 Å². The zero-order chi connectivity index (χ0) is 21.3. The normalized spacial score (nSPS) is 19.0. The number of amides is 1. The van der Waals surface area contributed by atoms with E-state index >= 15 is 0 Å². The van der Waals surface area contributed by atoms with Crippen molar-refractivity contribution < 1.29 is 14.6 Å². The highest BCUT2D eigenvalue weighted by Crippen LogP contribution is 2.13. The fourth-order valence-corrected chi connectivity index (χ4v) is 3.87. The summed E-state index contributed by atoms with van der Waals surface area (Å²) in [5.41, 5.74) is 3.60. The molecule has 2 aromatic rings. The maximum atomic E-state index is 12.7. The number of carbonyl (C=O) groups excluding carboxylic acids is 1. The first kappa shape index (κ1) is 22.1. The van der Waals surface area contributed by atoms with Crippen molar-refractivity contribution in [1.82, 2.24) is 4.90 Å². The van der Waals surface area contributed by atoms with Crippen molar-refractivity contribution in [3.05, 3.63) is 71.8 Å². The number of nitrogens with zero attached hydrogens (tertiary/aromatic N) is 2. The van der Waals surface area contributed by atoms with Gasteiger partial charge in [0.15, 0.2) is 6.54 Å². The predicted octanol–water partition coefficient (Wildman–Crippen LogP) is 0.208. The molecule has 1 amide bonds. The van der Waals surface area contributed by atoms with Crippen LogP contribution in [0.3, 0.4) is 0 Å². The van der Waals surface area contributed by atoms with E-state index in [1.807, 2.05) is 32.1 Å². The van der Waals surface area contributed by atoms with Crippen molar-refractivity contribution in [1.29, 1.82) is 0 Å². The lowest BCUT2D eigenvalue weighted by molar-refractivity contribution is -1.01. The molecule has 0 unspecified atom stereocenters. The summed E-state index contributed by atoms with van der Waals surface area (Å²) >= 11 is 0. The first-order chi connectivity index (χ1) is 14.5. The van der Waals surface area contributed by atoms with Gasteiger partial charge in [0.25, 0.3) is 5.91 Å². The molecule has 3 rings (SSSR count). The summed E-state index contributed by atoms with van der Waals surface area (Å²) in [6.45, 7) is 6.69. The second kappa shape index (κ2) is 11.0. The lowest BCUT2D eigenvalue weighted by atomic mass is 10.2. The zero-order valence-electron chi connectivity index (χ0n) is 18.6. The summed E-state index contributed by atoms with van der Waals surface area (Å²) in [7, 11) is 5.99. The van der Waals surface area contributed by atoms with Crippen molar-refractivity contribution in [2.45, 2.75) is 6.54 Å². The molecular formula is C25H36N4O+2. The smallest absolute Gasteiger partial charge is 0.277 e. The minimum atomic E-state index is 0.231. The van der Waals surface area contributed by atoms with E-state index in [0.29, 0.717) is 13.1 Å². The van der Waals surface area contributed by atoms with E-state index in [1.165, 1.54) is 21.7 Å². The molecule has 0 bridgehead atoms. The quantitative estimate of drug-likeness (QED) is 0.655. The van der Waals surface area contributed by atoms with Crippen LogP contribution in [0.25, 0.3) is 6.08 Å². The predicted molar refractivity (Wildman–Crippen MR) is 124 cm³/mol. The number of carbonyl (C=O) groups is 1. The highest BCUT2D eigenvalue weighted by atomic mass is 16.2. The van der Waals surface area contributed by atoms with Gasteiger partial charge >= 0.3 is 0 Å². The molecule has 5 nitrogen and oxygen atoms in total. The molecule has 1 aliphatic rings. The lowest BCUT2D eigenvalue weighted by Gasteiger charge is -2.29. The Morgan fingerprint density at radius 1 is 0.900 bits per heavy atom. The van der Waals surface area contributed by atoms with Gasteiger partial charge < -0.3 is 19.6 Å². The number of hydrogen-bond acceptors (Lipinski definition) is 2. The van der Waals surface area contributed by atoms with E-state index in [4.69, 9.17) is 0 Å². The standard InChI is InChI=1S/C25H34N4O/c1-26(2)24-13-11-23(12-14-24)20-27(3)25(30)21-29-18-16-28(17-19-29)15-7-10-22-8-5-4-6-9-22/h4-14H,15-21H2,1-3H3/p+2/b10-7+. The van der Waals surface area contributed by atoms with E-state index in [2.05, 4.69) is 65.6 Å². The van der Waals surface area contributed by atoms with Gasteiger partial charge in [0.05, 0.1) is 6.54 Å². The second-order valence-electron chi connectivity index (χ2n) is 8.50. The molecule has 2 N–H and O–H groups in total. The van der Waals surface area contributed by atoms with Gasteiger partial charge in [0, 0.05) is 33.4 Å². The van der Waals surface area contributed by atoms with Crippen LogP contribution < -0.4 is 14.7 Å². The molecule has 0 aromatic heterocycles. The molecule has 0 radical (unpaired) electrons. The van der Waals surface area contributed by atoms with Crippen LogP contribution in [0.4, 0.5) is 5.69 Å². The summed E-state index contributed by atoms with van der Waals surface area (Å²) in [4.78, 5) is 19.6. The Bertz CT molecular complexity index is 809. The average molecular weight is 409 g/mol. The maximum absolute atomic E-state index is 12.7. The van der Waals surface area contributed by atoms with Gasteiger partial charge in [-0.05, 0) is 29.3 Å². The largest absolute Gasteiger partial charge is 0.378 e. The van der Waals surface area contributed by atoms with Crippen molar-refractivity contribution in [2.75, 3.05) is 65.3 Å². The Hall–Kier alpha value is -2.63. The van der Waals surface area contributed by atoms with Crippen LogP contribution >= 0.6 is 0 Å². The molecule has 160 valence electrons. The second-order valence-corrected chi connectivity index (χ2v) is 8.50. The molecular weight excluding hydrogens is 372 g/mol. The number of piperazine rings is 1. The molecule has 0 saturated carbocycles. The average Bonchev–Trinajstić information content (AvgIpc) is 2.76. The molecule has 1 fully saturated rings. The van der Waals surface area contributed by atoms with Gasteiger partial charge in [0.2, 0.25) is 0 Å². The Morgan fingerprint density at radius 2 is 1.53 bits per heavy atom. The van der Waals surface area contributed by atoms with Crippen LogP contribution in [-0.2, 0) is 11.3 Å². The molecule has 30 heavy (non-hydrogen) atoms. The van der Waals surface area contributed by atoms with Crippen LogP contribution in [0.2, 0.25) is 0 Å². The van der Waals surface area contributed by atoms with Crippen LogP contribution in [0.15, 0.2) is 60.7 Å². The molecule has 0 atom stereocenters. The molecule has 0 spiro atoms. The molecule has 5 heteroatoms. The fourth-order valence-electron chi connectivity index (χ4n) is 3.87. The van der Waals surface area contributed by atoms with E-state index in [9.17, 15) is 4.79 Å². The lowest BCUT2D eigenvalue weighted by Crippen LogP contribution is -3.28. The van der Waals surface area contributed by atoms with E-state index < -0.39 is 0 Å². The zero-order valence-corrected chi connectivity index (χ0v) is 18.6. The third-order valence-corrected chi connectivity index (χ3v) is 5.88. The number of rotatable bonds is 8. The monoisotopic (exact) mass is 408 g/mol. The minimum absolute atomic E-state index is 0.231. The van der Waals surface area contributed by atoms with Crippen molar-refractivity contribution in [3.63, 3.8) is 0 Å². The number of anilines is 1. The first-order valence-corrected chi connectivity index (χ1v) is 10.9. The van der Waals surface area contributed by atoms with Gasteiger partial charge in [-0.1, -0.05) is 48.5 Å². The summed E-state index contributed by atoms with van der Waals surface area (Å²) < 4.78 is 0. The minimum Gasteiger partial charge on any atom is -0.378 e. The van der Waals surface area contributed by atoms with Gasteiger partial charge in [-0.3, -0.25) is 4.79 Å². The SMILES string of the molecule is CN(Cc1ccc(N(C)C)cc1)C(=O)C[NH+]1CC[NH+](C/C=C/c2ccccc2)CC1. The maximum Gasteiger partial charge on any atom is 0.277 e. The van der Waals surface area contributed by atoms with Crippen molar-refractivity contribution >= 4 is 17.7 Å². The topological polar surface area (TPSA) is 32.4 Å². The molecule has 0 aliphatic carbocycles. The van der Waals surface area contributed by atoms with Crippen LogP contribution in [-0.4, -0.2) is 71.2 Å². The summed E-state index contributed by atoms with van der Waals surface area (Å²) in [6, 6.07) is 18.9. The number of benzene rings is 2. The van der Waals surface area contributed by atoms with Crippen LogP contribution in [0.1, 0.15) is 11.1 Å². The molecule has 2 aromatic carbocycles. The first-order valence-electron chi connectivity index (χ1n) is 10.9. The van der Waals surface area contributed by atoms with E-state index in [1.54, 1.807) is 4.90 Å². The molecule has 1 saturated heterocycles. The third-order valence-electron chi connectivity index (χ3n) is 5.88. The Kier molecular flexibility index (Phi) is 8.05. The number of hydrogen-bond donors (Lipinski definition) is 2. The van der Waals surface area contributed by atoms with Crippen molar-refractivity contribution in [3.8, 4) is 0 Å². The van der Waals surface area contributed by atoms with E-state index in [0.717, 1.165) is 32.7 Å². The number of quaternary nitrogens is 2. The summed E-state index contributed by atoms with van der Waals surface area (Å²) in [5, 5.41) is 0.